The van der Waals surface area contributed by atoms with E-state index in [-0.39, 0.29) is 5.91 Å². The van der Waals surface area contributed by atoms with Crippen LogP contribution in [0, 0.1) is 0 Å². The molecular weight excluding hydrogens is 408 g/mol. The molecule has 5 nitrogen and oxygen atoms in total. The number of rotatable bonds is 5. The maximum Gasteiger partial charge on any atom is 0.289 e. The molecule has 0 saturated heterocycles. The first-order chi connectivity index (χ1) is 15.2. The SMILES string of the molecule is O=C(NN=CC(Cl)=Cc1ccccc1)c1cc(-c2ccc3c4c(cccc24)CC3)n[nH]1. The summed E-state index contributed by atoms with van der Waals surface area (Å²) in [6.07, 6.45) is 5.31. The summed E-state index contributed by atoms with van der Waals surface area (Å²) in [5.41, 5.74) is 8.25. The summed E-state index contributed by atoms with van der Waals surface area (Å²) in [7, 11) is 0. The number of hydrazone groups is 1. The summed E-state index contributed by atoms with van der Waals surface area (Å²) in [6.45, 7) is 0. The van der Waals surface area contributed by atoms with Gasteiger partial charge in [0.2, 0.25) is 0 Å². The Morgan fingerprint density at radius 3 is 2.68 bits per heavy atom. The molecule has 1 aromatic heterocycles. The van der Waals surface area contributed by atoms with Gasteiger partial charge < -0.3 is 0 Å². The Balaban J connectivity index is 1.33. The zero-order valence-corrected chi connectivity index (χ0v) is 17.4. The smallest absolute Gasteiger partial charge is 0.272 e. The van der Waals surface area contributed by atoms with Gasteiger partial charge in [-0.25, -0.2) is 5.43 Å². The van der Waals surface area contributed by atoms with Crippen molar-refractivity contribution in [1.29, 1.82) is 0 Å². The van der Waals surface area contributed by atoms with Gasteiger partial charge >= 0.3 is 0 Å². The van der Waals surface area contributed by atoms with Crippen molar-refractivity contribution in [3.8, 4) is 11.3 Å². The van der Waals surface area contributed by atoms with Crippen molar-refractivity contribution in [2.24, 2.45) is 5.10 Å². The van der Waals surface area contributed by atoms with Crippen molar-refractivity contribution >= 4 is 40.6 Å². The van der Waals surface area contributed by atoms with Gasteiger partial charge in [0.15, 0.2) is 0 Å². The van der Waals surface area contributed by atoms with Gasteiger partial charge in [-0.3, -0.25) is 9.89 Å². The normalized spacial score (nSPS) is 13.3. The summed E-state index contributed by atoms with van der Waals surface area (Å²) in [4.78, 5) is 12.5. The molecule has 4 aromatic rings. The number of nitrogens with one attached hydrogen (secondary N) is 2. The van der Waals surface area contributed by atoms with Crippen LogP contribution >= 0.6 is 11.6 Å². The molecule has 3 aromatic carbocycles. The first kappa shape index (κ1) is 19.3. The lowest BCUT2D eigenvalue weighted by atomic mass is 9.98. The van der Waals surface area contributed by atoms with Crippen LogP contribution < -0.4 is 5.43 Å². The van der Waals surface area contributed by atoms with Crippen molar-refractivity contribution in [2.75, 3.05) is 0 Å². The van der Waals surface area contributed by atoms with Crippen LogP contribution in [0.4, 0.5) is 0 Å². The fraction of sp³-hybridized carbons (Fsp3) is 0.0800. The number of halogens is 1. The number of benzene rings is 3. The Hall–Kier alpha value is -3.70. The fourth-order valence-electron chi connectivity index (χ4n) is 4.00. The number of allylic oxidation sites excluding steroid dienone is 1. The van der Waals surface area contributed by atoms with E-state index in [0.717, 1.165) is 29.7 Å². The number of hydrogen-bond donors (Lipinski definition) is 2. The van der Waals surface area contributed by atoms with E-state index < -0.39 is 0 Å². The largest absolute Gasteiger partial charge is 0.289 e. The third kappa shape index (κ3) is 3.88. The first-order valence-corrected chi connectivity index (χ1v) is 10.4. The molecule has 2 N–H and O–H groups in total. The minimum Gasteiger partial charge on any atom is -0.272 e. The second-order valence-corrected chi connectivity index (χ2v) is 7.85. The molecule has 5 rings (SSSR count). The molecule has 0 atom stereocenters. The number of hydrogen-bond acceptors (Lipinski definition) is 3. The van der Waals surface area contributed by atoms with Gasteiger partial charge in [-0.15, -0.1) is 0 Å². The molecule has 1 heterocycles. The Morgan fingerprint density at radius 2 is 1.84 bits per heavy atom. The minimum absolute atomic E-state index is 0.332. The molecule has 1 aliphatic carbocycles. The van der Waals surface area contributed by atoms with E-state index in [1.54, 1.807) is 12.1 Å². The molecular formula is C25H19ClN4O. The van der Waals surface area contributed by atoms with Crippen molar-refractivity contribution in [3.05, 3.63) is 94.1 Å². The summed E-state index contributed by atoms with van der Waals surface area (Å²) < 4.78 is 0. The number of nitrogens with zero attached hydrogens (tertiary/aromatic N) is 2. The topological polar surface area (TPSA) is 70.1 Å². The molecule has 1 amide bonds. The lowest BCUT2D eigenvalue weighted by Gasteiger charge is -2.06. The first-order valence-electron chi connectivity index (χ1n) is 10.0. The van der Waals surface area contributed by atoms with Crippen LogP contribution in [0.15, 0.2) is 76.9 Å². The summed E-state index contributed by atoms with van der Waals surface area (Å²) in [5, 5.41) is 14.0. The van der Waals surface area contributed by atoms with E-state index in [9.17, 15) is 4.79 Å². The van der Waals surface area contributed by atoms with Crippen LogP contribution in [-0.2, 0) is 12.8 Å². The highest BCUT2D eigenvalue weighted by molar-refractivity contribution is 6.41. The van der Waals surface area contributed by atoms with Crippen LogP contribution in [0.25, 0.3) is 28.1 Å². The highest BCUT2D eigenvalue weighted by Gasteiger charge is 2.18. The molecule has 0 fully saturated rings. The van der Waals surface area contributed by atoms with E-state index in [0.29, 0.717) is 10.7 Å². The zero-order chi connectivity index (χ0) is 21.2. The van der Waals surface area contributed by atoms with Gasteiger partial charge in [-0.05, 0) is 52.4 Å². The maximum atomic E-state index is 12.5. The monoisotopic (exact) mass is 426 g/mol. The van der Waals surface area contributed by atoms with E-state index in [1.807, 2.05) is 30.3 Å². The zero-order valence-electron chi connectivity index (χ0n) is 16.6. The number of H-pyrrole nitrogens is 1. The van der Waals surface area contributed by atoms with Gasteiger partial charge in [0.1, 0.15) is 5.69 Å². The Bertz CT molecular complexity index is 1330. The van der Waals surface area contributed by atoms with Crippen LogP contribution in [0.3, 0.4) is 0 Å². The van der Waals surface area contributed by atoms with Gasteiger partial charge in [0, 0.05) is 5.56 Å². The van der Waals surface area contributed by atoms with Gasteiger partial charge in [0.05, 0.1) is 16.9 Å². The number of aryl methyl sites for hydroxylation is 2. The second-order valence-electron chi connectivity index (χ2n) is 7.42. The lowest BCUT2D eigenvalue weighted by Crippen LogP contribution is -2.17. The van der Waals surface area contributed by atoms with E-state index in [4.69, 9.17) is 11.6 Å². The lowest BCUT2D eigenvalue weighted by molar-refractivity contribution is 0.0950. The van der Waals surface area contributed by atoms with Crippen molar-refractivity contribution in [1.82, 2.24) is 15.6 Å². The molecule has 1 aliphatic rings. The molecule has 0 aliphatic heterocycles. The number of carbonyl (C=O) groups excluding carboxylic acids is 1. The van der Waals surface area contributed by atoms with Crippen molar-refractivity contribution in [2.45, 2.75) is 12.8 Å². The number of aromatic nitrogens is 2. The maximum absolute atomic E-state index is 12.5. The van der Waals surface area contributed by atoms with E-state index in [1.165, 1.54) is 28.1 Å². The van der Waals surface area contributed by atoms with Crippen LogP contribution in [0.2, 0.25) is 0 Å². The van der Waals surface area contributed by atoms with Gasteiger partial charge in [-0.1, -0.05) is 72.3 Å². The number of aromatic amines is 1. The van der Waals surface area contributed by atoms with E-state index >= 15 is 0 Å². The number of amides is 1. The highest BCUT2D eigenvalue weighted by atomic mass is 35.5. The van der Waals surface area contributed by atoms with Crippen LogP contribution in [-0.4, -0.2) is 22.3 Å². The van der Waals surface area contributed by atoms with E-state index in [2.05, 4.69) is 51.1 Å². The van der Waals surface area contributed by atoms with Crippen molar-refractivity contribution in [3.63, 3.8) is 0 Å². The van der Waals surface area contributed by atoms with Crippen LogP contribution in [0.5, 0.6) is 0 Å². The predicted molar refractivity (Wildman–Crippen MR) is 125 cm³/mol. The summed E-state index contributed by atoms with van der Waals surface area (Å²) >= 11 is 6.16. The molecule has 31 heavy (non-hydrogen) atoms. The standard InChI is InChI=1S/C25H19ClN4O/c26-19(13-16-5-2-1-3-6-16)15-27-30-25(31)23-14-22(28-29-23)20-12-11-18-10-9-17-7-4-8-21(20)24(17)18/h1-8,11-15H,9-10H2,(H,28,29)(H,30,31). The third-order valence-electron chi connectivity index (χ3n) is 5.43. The molecule has 6 heteroatoms. The average Bonchev–Trinajstić information content (AvgIpc) is 3.44. The number of carbonyl (C=O) groups is 1. The van der Waals surface area contributed by atoms with Crippen LogP contribution in [0.1, 0.15) is 27.2 Å². The Kier molecular flexibility index (Phi) is 5.10. The van der Waals surface area contributed by atoms with Gasteiger partial charge in [-0.2, -0.15) is 10.2 Å². The predicted octanol–water partition coefficient (Wildman–Crippen LogP) is 5.32. The average molecular weight is 427 g/mol. The molecule has 0 spiro atoms. The molecule has 0 saturated carbocycles. The fourth-order valence-corrected chi connectivity index (χ4v) is 4.18. The Labute approximate surface area is 184 Å². The second kappa shape index (κ2) is 8.20. The Morgan fingerprint density at radius 1 is 1.03 bits per heavy atom. The molecule has 0 bridgehead atoms. The highest BCUT2D eigenvalue weighted by Crippen LogP contribution is 2.36. The molecule has 0 radical (unpaired) electrons. The quantitative estimate of drug-likeness (QED) is 0.334. The third-order valence-corrected chi connectivity index (χ3v) is 5.64. The summed E-state index contributed by atoms with van der Waals surface area (Å²) in [6, 6.07) is 22.0. The minimum atomic E-state index is -0.384. The van der Waals surface area contributed by atoms with Crippen molar-refractivity contribution < 1.29 is 4.79 Å². The summed E-state index contributed by atoms with van der Waals surface area (Å²) in [5.74, 6) is -0.384. The molecule has 152 valence electrons. The molecule has 0 unspecified atom stereocenters. The van der Waals surface area contributed by atoms with Gasteiger partial charge in [0.25, 0.3) is 5.91 Å².